The van der Waals surface area contributed by atoms with Crippen molar-refractivity contribution in [2.24, 2.45) is 0 Å². The van der Waals surface area contributed by atoms with Crippen LogP contribution in [0.2, 0.25) is 5.02 Å². The van der Waals surface area contributed by atoms with E-state index in [1.807, 2.05) is 0 Å². The van der Waals surface area contributed by atoms with Gasteiger partial charge in [-0.2, -0.15) is 0 Å². The number of anilines is 1. The van der Waals surface area contributed by atoms with Crippen molar-refractivity contribution in [3.8, 4) is 0 Å². The van der Waals surface area contributed by atoms with E-state index in [1.54, 1.807) is 24.3 Å². The molecule has 1 N–H and O–H groups in total. The van der Waals surface area contributed by atoms with Gasteiger partial charge in [-0.3, -0.25) is 0 Å². The van der Waals surface area contributed by atoms with Crippen molar-refractivity contribution in [2.75, 3.05) is 4.72 Å². The average Bonchev–Trinajstić information content (AvgIpc) is 2.87. The topological polar surface area (TPSA) is 72.0 Å². The predicted molar refractivity (Wildman–Crippen MR) is 86.4 cm³/mol. The summed E-state index contributed by atoms with van der Waals surface area (Å²) < 4.78 is 36.6. The van der Waals surface area contributed by atoms with E-state index in [4.69, 9.17) is 11.6 Å². The molecule has 2 aromatic carbocycles. The Bertz CT molecular complexity index is 929. The summed E-state index contributed by atoms with van der Waals surface area (Å²) in [7, 11) is -3.78. The van der Waals surface area contributed by atoms with E-state index in [1.165, 1.54) is 12.1 Å². The molecule has 0 aliphatic carbocycles. The van der Waals surface area contributed by atoms with Crippen LogP contribution in [-0.4, -0.2) is 31.3 Å². The second kappa shape index (κ2) is 5.70. The number of rotatable bonds is 3. The average molecular weight is 452 g/mol. The number of fused-ring (bicyclic) bond motifs is 1. The number of hydrogen-bond donors (Lipinski definition) is 1. The predicted octanol–water partition coefficient (Wildman–Crippen LogP) is 2.90. The van der Waals surface area contributed by atoms with E-state index in [9.17, 15) is 8.42 Å². The molecule has 3 aromatic rings. The van der Waals surface area contributed by atoms with E-state index >= 15 is 0 Å². The molecule has 21 heavy (non-hydrogen) atoms. The number of halogens is 2. The van der Waals surface area contributed by atoms with Crippen molar-refractivity contribution in [3.63, 3.8) is 0 Å². The molecule has 0 amide bonds. The number of sulfonamides is 1. The summed E-state index contributed by atoms with van der Waals surface area (Å²) in [6.45, 7) is 0. The van der Waals surface area contributed by atoms with Gasteiger partial charge in [-0.15, -0.1) is 0 Å². The Morgan fingerprint density at radius 2 is 2.00 bits per heavy atom. The van der Waals surface area contributed by atoms with Crippen LogP contribution in [0.5, 0.6) is 0 Å². The van der Waals surface area contributed by atoms with Gasteiger partial charge in [-0.25, -0.2) is 0 Å². The van der Waals surface area contributed by atoms with Crippen LogP contribution in [0.3, 0.4) is 0 Å². The maximum atomic E-state index is 12.5. The Kier molecular flexibility index (Phi) is 4.07. The molecule has 108 valence electrons. The van der Waals surface area contributed by atoms with Crippen LogP contribution >= 0.6 is 27.5 Å². The zero-order valence-electron chi connectivity index (χ0n) is 10.2. The molecule has 0 fully saturated rings. The van der Waals surface area contributed by atoms with Crippen LogP contribution in [0.1, 0.15) is 0 Å². The zero-order chi connectivity index (χ0) is 15.0. The van der Waals surface area contributed by atoms with Crippen LogP contribution < -0.4 is 4.72 Å². The van der Waals surface area contributed by atoms with E-state index in [2.05, 4.69) is 28.6 Å². The van der Waals surface area contributed by atoms with Crippen molar-refractivity contribution < 1.29 is 8.42 Å². The first-order valence-corrected chi connectivity index (χ1v) is 9.85. The summed E-state index contributed by atoms with van der Waals surface area (Å²) in [6, 6.07) is 9.80. The van der Waals surface area contributed by atoms with Gasteiger partial charge in [0.1, 0.15) is 0 Å². The van der Waals surface area contributed by atoms with Gasteiger partial charge in [0.2, 0.25) is 0 Å². The molecule has 0 spiro atoms. The minimum absolute atomic E-state index is 0.0189. The van der Waals surface area contributed by atoms with Crippen LogP contribution in [0.25, 0.3) is 11.0 Å². The second-order valence-electron chi connectivity index (χ2n) is 4.12. The standard InChI is InChI=1S/C12H7BrClN3O2SSe/c13-7-4-5-11(8(14)6-7)20(18,19)15-9-2-1-3-10-12(9)17-21-16-10/h1-6,15H. The van der Waals surface area contributed by atoms with E-state index in [0.717, 1.165) is 0 Å². The molecule has 0 aliphatic heterocycles. The molecule has 5 nitrogen and oxygen atoms in total. The maximum absolute atomic E-state index is 12.5. The Hall–Kier alpha value is -0.921. The number of nitrogens with one attached hydrogen (secondary N) is 1. The molecule has 1 heterocycles. The van der Waals surface area contributed by atoms with Crippen LogP contribution in [-0.2, 0) is 10.0 Å². The Morgan fingerprint density at radius 3 is 2.76 bits per heavy atom. The fraction of sp³-hybridized carbons (Fsp3) is 0. The first-order valence-electron chi connectivity index (χ1n) is 5.66. The van der Waals surface area contributed by atoms with E-state index in [-0.39, 0.29) is 24.9 Å². The first-order chi connectivity index (χ1) is 9.97. The second-order valence-corrected chi connectivity index (χ2v) is 8.20. The summed E-state index contributed by atoms with van der Waals surface area (Å²) in [6.07, 6.45) is 0. The van der Waals surface area contributed by atoms with Crippen molar-refractivity contribution in [3.05, 3.63) is 45.9 Å². The molecular formula is C12H7BrClN3O2SSe. The molecule has 0 saturated heterocycles. The van der Waals surface area contributed by atoms with Crippen LogP contribution in [0.15, 0.2) is 45.8 Å². The first kappa shape index (κ1) is 15.0. The Balaban J connectivity index is 2.05. The van der Waals surface area contributed by atoms with Crippen molar-refractivity contribution >= 4 is 69.2 Å². The Morgan fingerprint density at radius 1 is 1.19 bits per heavy atom. The molecule has 0 unspecified atom stereocenters. The molecular weight excluding hydrogens is 445 g/mol. The summed E-state index contributed by atoms with van der Waals surface area (Å²) >= 11 is 9.03. The third-order valence-corrected chi connectivity index (χ3v) is 6.19. The zero-order valence-corrected chi connectivity index (χ0v) is 15.1. The molecule has 0 radical (unpaired) electrons. The number of nitrogens with zero attached hydrogens (tertiary/aromatic N) is 2. The van der Waals surface area contributed by atoms with Crippen molar-refractivity contribution in [1.29, 1.82) is 0 Å². The molecule has 0 saturated carbocycles. The summed E-state index contributed by atoms with van der Waals surface area (Å²) in [5.74, 6) is 0. The van der Waals surface area contributed by atoms with E-state index in [0.29, 0.717) is 21.2 Å². The van der Waals surface area contributed by atoms with Gasteiger partial charge >= 0.3 is 141 Å². The monoisotopic (exact) mass is 451 g/mol. The number of benzene rings is 2. The molecule has 3 rings (SSSR count). The fourth-order valence-electron chi connectivity index (χ4n) is 1.78. The molecule has 0 atom stereocenters. The van der Waals surface area contributed by atoms with Gasteiger partial charge in [0.15, 0.2) is 0 Å². The van der Waals surface area contributed by atoms with Gasteiger partial charge in [0, 0.05) is 0 Å². The molecule has 0 aliphatic rings. The summed E-state index contributed by atoms with van der Waals surface area (Å²) in [5, 5.41) is 0.148. The van der Waals surface area contributed by atoms with Gasteiger partial charge in [-0.1, -0.05) is 0 Å². The SMILES string of the molecule is O=S(=O)(Nc1cccc2n[se]nc12)c1ccc(Br)cc1Cl. The third kappa shape index (κ3) is 3.00. The normalized spacial score (nSPS) is 11.7. The van der Waals surface area contributed by atoms with E-state index < -0.39 is 10.0 Å². The van der Waals surface area contributed by atoms with Crippen molar-refractivity contribution in [2.45, 2.75) is 4.90 Å². The molecule has 9 heteroatoms. The summed E-state index contributed by atoms with van der Waals surface area (Å²) in [4.78, 5) is 0.0189. The fourth-order valence-corrected chi connectivity index (χ4v) is 5.04. The third-order valence-electron chi connectivity index (χ3n) is 2.71. The van der Waals surface area contributed by atoms with Gasteiger partial charge in [0.05, 0.1) is 0 Å². The molecule has 0 bridgehead atoms. The van der Waals surface area contributed by atoms with Crippen LogP contribution in [0.4, 0.5) is 5.69 Å². The number of aromatic nitrogens is 2. The number of hydrogen-bond acceptors (Lipinski definition) is 4. The van der Waals surface area contributed by atoms with Crippen molar-refractivity contribution in [1.82, 2.24) is 7.96 Å². The van der Waals surface area contributed by atoms with Crippen LogP contribution in [0, 0.1) is 0 Å². The minimum atomic E-state index is -3.78. The molecule has 1 aromatic heterocycles. The van der Waals surface area contributed by atoms with Gasteiger partial charge < -0.3 is 0 Å². The van der Waals surface area contributed by atoms with Gasteiger partial charge in [-0.05, 0) is 0 Å². The quantitative estimate of drug-likeness (QED) is 0.622. The Labute approximate surface area is 140 Å². The van der Waals surface area contributed by atoms with Gasteiger partial charge in [0.25, 0.3) is 0 Å². The summed E-state index contributed by atoms with van der Waals surface area (Å²) in [5.41, 5.74) is 1.70.